The highest BCUT2D eigenvalue weighted by molar-refractivity contribution is 7.46. The maximum atomic E-state index is 12.1. The number of aliphatic carboxylic acids is 1. The SMILES string of the molecule is CCCCCCCCCCCCCCCC(=O)OC[C@H](COP(=O)(O)O)OC(=O)CCCCCCCC(=O)O. The number of hydrogen-bond donors (Lipinski definition) is 3. The third-order valence-electron chi connectivity index (χ3n) is 6.41. The molecule has 0 aliphatic carbocycles. The Bertz CT molecular complexity index is 679. The van der Waals surface area contributed by atoms with Crippen molar-refractivity contribution in [3.05, 3.63) is 0 Å². The summed E-state index contributed by atoms with van der Waals surface area (Å²) in [5.74, 6) is -1.85. The van der Waals surface area contributed by atoms with Gasteiger partial charge in [-0.1, -0.05) is 103 Å². The zero-order valence-electron chi connectivity index (χ0n) is 24.0. The summed E-state index contributed by atoms with van der Waals surface area (Å²) in [5, 5.41) is 8.62. The molecule has 10 nitrogen and oxygen atoms in total. The zero-order chi connectivity index (χ0) is 29.2. The number of carboxylic acids is 1. The largest absolute Gasteiger partial charge is 0.481 e. The Morgan fingerprint density at radius 1 is 0.615 bits per heavy atom. The van der Waals surface area contributed by atoms with E-state index in [-0.39, 0.29) is 25.9 Å². The summed E-state index contributed by atoms with van der Waals surface area (Å²) in [6, 6.07) is 0. The van der Waals surface area contributed by atoms with Crippen molar-refractivity contribution in [1.82, 2.24) is 0 Å². The van der Waals surface area contributed by atoms with E-state index in [2.05, 4.69) is 11.4 Å². The van der Waals surface area contributed by atoms with Gasteiger partial charge in [-0.25, -0.2) is 4.57 Å². The molecule has 1 atom stereocenters. The summed E-state index contributed by atoms with van der Waals surface area (Å²) in [7, 11) is -4.77. The smallest absolute Gasteiger partial charge is 0.469 e. The van der Waals surface area contributed by atoms with Crippen LogP contribution in [-0.2, 0) is 32.9 Å². The van der Waals surface area contributed by atoms with Gasteiger partial charge in [0.1, 0.15) is 6.61 Å². The fourth-order valence-corrected chi connectivity index (χ4v) is 4.52. The number of ether oxygens (including phenoxy) is 2. The molecule has 0 spiro atoms. The van der Waals surface area contributed by atoms with Gasteiger partial charge in [0.2, 0.25) is 0 Å². The van der Waals surface area contributed by atoms with Crippen LogP contribution in [0, 0.1) is 0 Å². The van der Waals surface area contributed by atoms with E-state index in [9.17, 15) is 18.9 Å². The van der Waals surface area contributed by atoms with Crippen molar-refractivity contribution in [1.29, 1.82) is 0 Å². The number of carboxylic acid groups (broad SMARTS) is 1. The van der Waals surface area contributed by atoms with Gasteiger partial charge in [-0.15, -0.1) is 0 Å². The topological polar surface area (TPSA) is 157 Å². The maximum Gasteiger partial charge on any atom is 0.469 e. The van der Waals surface area contributed by atoms with E-state index in [0.29, 0.717) is 19.3 Å². The summed E-state index contributed by atoms with van der Waals surface area (Å²) < 4.78 is 25.9. The van der Waals surface area contributed by atoms with E-state index < -0.39 is 38.4 Å². The lowest BCUT2D eigenvalue weighted by Crippen LogP contribution is -2.29. The molecule has 39 heavy (non-hydrogen) atoms. The van der Waals surface area contributed by atoms with Gasteiger partial charge in [-0.05, 0) is 19.3 Å². The second-order valence-corrected chi connectivity index (χ2v) is 11.5. The summed E-state index contributed by atoms with van der Waals surface area (Å²) in [6.07, 6.45) is 18.4. The first-order valence-electron chi connectivity index (χ1n) is 14.9. The Kier molecular flexibility index (Phi) is 24.5. The molecule has 0 radical (unpaired) electrons. The molecule has 0 saturated carbocycles. The Morgan fingerprint density at radius 3 is 1.46 bits per heavy atom. The molecule has 0 aliphatic heterocycles. The normalized spacial score (nSPS) is 12.3. The van der Waals surface area contributed by atoms with E-state index >= 15 is 0 Å². The number of phosphoric ester groups is 1. The first kappa shape index (κ1) is 37.5. The Morgan fingerprint density at radius 2 is 1.03 bits per heavy atom. The molecule has 3 N–H and O–H groups in total. The van der Waals surface area contributed by atoms with Crippen LogP contribution >= 0.6 is 7.82 Å². The van der Waals surface area contributed by atoms with Crippen molar-refractivity contribution in [2.75, 3.05) is 13.2 Å². The van der Waals surface area contributed by atoms with Gasteiger partial charge >= 0.3 is 25.7 Å². The van der Waals surface area contributed by atoms with Crippen molar-refractivity contribution in [3.8, 4) is 0 Å². The fraction of sp³-hybridized carbons (Fsp3) is 0.893. The highest BCUT2D eigenvalue weighted by Crippen LogP contribution is 2.35. The van der Waals surface area contributed by atoms with Gasteiger partial charge in [0.25, 0.3) is 0 Å². The molecule has 0 saturated heterocycles. The second kappa shape index (κ2) is 25.5. The number of hydrogen-bond acceptors (Lipinski definition) is 7. The lowest BCUT2D eigenvalue weighted by molar-refractivity contribution is -0.161. The van der Waals surface area contributed by atoms with Crippen molar-refractivity contribution in [2.45, 2.75) is 148 Å². The molecule has 0 aliphatic rings. The van der Waals surface area contributed by atoms with Crippen LogP contribution in [0.5, 0.6) is 0 Å². The van der Waals surface area contributed by atoms with Gasteiger partial charge < -0.3 is 24.4 Å². The minimum atomic E-state index is -4.77. The van der Waals surface area contributed by atoms with Crippen LogP contribution in [0.2, 0.25) is 0 Å². The average Bonchev–Trinajstić information content (AvgIpc) is 2.87. The predicted octanol–water partition coefficient (Wildman–Crippen LogP) is 6.85. The molecule has 0 amide bonds. The van der Waals surface area contributed by atoms with E-state index in [1.807, 2.05) is 0 Å². The molecule has 0 fully saturated rings. The molecule has 0 rings (SSSR count). The van der Waals surface area contributed by atoms with Crippen LogP contribution in [-0.4, -0.2) is 52.1 Å². The highest BCUT2D eigenvalue weighted by atomic mass is 31.2. The first-order valence-corrected chi connectivity index (χ1v) is 16.4. The minimum absolute atomic E-state index is 0.0955. The number of phosphoric acid groups is 1. The van der Waals surface area contributed by atoms with Gasteiger partial charge in [-0.2, -0.15) is 0 Å². The standard InChI is InChI=1S/C28H53O10P/c1-2-3-4-5-6-7-8-9-10-11-12-15-18-21-27(31)36-23-25(24-37-39(33,34)35)38-28(32)22-19-16-13-14-17-20-26(29)30/h25H,2-24H2,1H3,(H,29,30)(H2,33,34,35)/t25-/m1/s1. The van der Waals surface area contributed by atoms with Crippen molar-refractivity contribution in [3.63, 3.8) is 0 Å². The van der Waals surface area contributed by atoms with Crippen LogP contribution in [0.3, 0.4) is 0 Å². The van der Waals surface area contributed by atoms with Gasteiger partial charge in [-0.3, -0.25) is 18.9 Å². The number of rotatable bonds is 28. The van der Waals surface area contributed by atoms with Gasteiger partial charge in [0.05, 0.1) is 6.61 Å². The van der Waals surface area contributed by atoms with Gasteiger partial charge in [0.15, 0.2) is 6.10 Å². The third kappa shape index (κ3) is 29.3. The zero-order valence-corrected chi connectivity index (χ0v) is 24.9. The van der Waals surface area contributed by atoms with Crippen LogP contribution < -0.4 is 0 Å². The van der Waals surface area contributed by atoms with Crippen LogP contribution in [0.1, 0.15) is 142 Å². The van der Waals surface area contributed by atoms with E-state index in [0.717, 1.165) is 38.5 Å². The molecule has 0 aromatic heterocycles. The minimum Gasteiger partial charge on any atom is -0.481 e. The summed E-state index contributed by atoms with van der Waals surface area (Å²) >= 11 is 0. The molecule has 230 valence electrons. The number of carbonyl (C=O) groups excluding carboxylic acids is 2. The third-order valence-corrected chi connectivity index (χ3v) is 6.90. The van der Waals surface area contributed by atoms with Gasteiger partial charge in [0, 0.05) is 19.3 Å². The summed E-state index contributed by atoms with van der Waals surface area (Å²) in [4.78, 5) is 52.6. The summed E-state index contributed by atoms with van der Waals surface area (Å²) in [6.45, 7) is 1.31. The lowest BCUT2D eigenvalue weighted by atomic mass is 10.0. The molecule has 0 bridgehead atoms. The number of carbonyl (C=O) groups is 3. The molecule has 11 heteroatoms. The lowest BCUT2D eigenvalue weighted by Gasteiger charge is -2.18. The first-order chi connectivity index (χ1) is 18.6. The Hall–Kier alpha value is -1.48. The van der Waals surface area contributed by atoms with Crippen LogP contribution in [0.4, 0.5) is 0 Å². The van der Waals surface area contributed by atoms with Crippen molar-refractivity contribution in [2.24, 2.45) is 0 Å². The maximum absolute atomic E-state index is 12.1. The highest BCUT2D eigenvalue weighted by Gasteiger charge is 2.22. The van der Waals surface area contributed by atoms with Crippen molar-refractivity contribution >= 4 is 25.7 Å². The monoisotopic (exact) mass is 580 g/mol. The van der Waals surface area contributed by atoms with Crippen LogP contribution in [0.15, 0.2) is 0 Å². The van der Waals surface area contributed by atoms with E-state index in [1.54, 1.807) is 0 Å². The quantitative estimate of drug-likeness (QED) is 0.0508. The number of esters is 2. The molecule has 0 aromatic carbocycles. The second-order valence-electron chi connectivity index (χ2n) is 10.2. The van der Waals surface area contributed by atoms with Crippen molar-refractivity contribution < 1.29 is 47.8 Å². The molecule has 0 heterocycles. The fourth-order valence-electron chi connectivity index (χ4n) is 4.16. The Labute approximate surface area is 234 Å². The molecule has 0 aromatic rings. The van der Waals surface area contributed by atoms with Crippen LogP contribution in [0.25, 0.3) is 0 Å². The molecular formula is C28H53O10P. The average molecular weight is 581 g/mol. The molecule has 0 unspecified atom stereocenters. The molecular weight excluding hydrogens is 527 g/mol. The Balaban J connectivity index is 4.00. The number of unbranched alkanes of at least 4 members (excludes halogenated alkanes) is 16. The van der Waals surface area contributed by atoms with E-state index in [4.69, 9.17) is 24.4 Å². The summed E-state index contributed by atoms with van der Waals surface area (Å²) in [5.41, 5.74) is 0. The van der Waals surface area contributed by atoms with E-state index in [1.165, 1.54) is 57.8 Å². The predicted molar refractivity (Wildman–Crippen MR) is 149 cm³/mol.